The predicted octanol–water partition coefficient (Wildman–Crippen LogP) is 3.81. The third kappa shape index (κ3) is 12.3. The van der Waals surface area contributed by atoms with Crippen LogP contribution in [0.1, 0.15) is 44.7 Å². The molecule has 0 spiro atoms. The molecule has 0 heterocycles. The van der Waals surface area contributed by atoms with Crippen LogP contribution in [0.25, 0.3) is 0 Å². The SMILES string of the molecule is CCOCCOc1cc(C)ccc1CNC(=NC)NCCCCN(C)C(C)C.I. The van der Waals surface area contributed by atoms with Crippen molar-refractivity contribution in [2.75, 3.05) is 47.0 Å². The van der Waals surface area contributed by atoms with Crippen LogP contribution in [0.3, 0.4) is 0 Å². The van der Waals surface area contributed by atoms with Crippen LogP contribution in [0.15, 0.2) is 23.2 Å². The standard InChI is InChI=1S/C22H40N4O2.HI/c1-7-27-14-15-28-21-16-19(4)10-11-20(21)17-25-22(23-5)24-12-8-9-13-26(6)18(2)3;/h10-11,16,18H,7-9,12-15,17H2,1-6H3,(H2,23,24,25);1H. The molecule has 0 saturated carbocycles. The lowest BCUT2D eigenvalue weighted by atomic mass is 10.1. The Morgan fingerprint density at radius 1 is 1.17 bits per heavy atom. The molecule has 6 nitrogen and oxygen atoms in total. The van der Waals surface area contributed by atoms with Gasteiger partial charge in [-0.2, -0.15) is 0 Å². The minimum absolute atomic E-state index is 0. The van der Waals surface area contributed by atoms with Crippen LogP contribution in [0, 0.1) is 6.92 Å². The molecule has 1 rings (SSSR count). The number of nitrogens with one attached hydrogen (secondary N) is 2. The van der Waals surface area contributed by atoms with Gasteiger partial charge in [0.1, 0.15) is 12.4 Å². The van der Waals surface area contributed by atoms with E-state index < -0.39 is 0 Å². The summed E-state index contributed by atoms with van der Waals surface area (Å²) in [7, 11) is 3.98. The predicted molar refractivity (Wildman–Crippen MR) is 134 cm³/mol. The number of aliphatic imine (C=N–C) groups is 1. The van der Waals surface area contributed by atoms with Gasteiger partial charge in [0.15, 0.2) is 5.96 Å². The second-order valence-corrected chi connectivity index (χ2v) is 7.29. The van der Waals surface area contributed by atoms with Crippen LogP contribution in [0.2, 0.25) is 0 Å². The average Bonchev–Trinajstić information content (AvgIpc) is 2.68. The van der Waals surface area contributed by atoms with Crippen LogP contribution in [-0.4, -0.2) is 63.9 Å². The maximum Gasteiger partial charge on any atom is 0.191 e. The highest BCUT2D eigenvalue weighted by Gasteiger charge is 2.06. The highest BCUT2D eigenvalue weighted by Crippen LogP contribution is 2.20. The van der Waals surface area contributed by atoms with E-state index >= 15 is 0 Å². The van der Waals surface area contributed by atoms with E-state index in [0.29, 0.717) is 32.4 Å². The summed E-state index contributed by atoms with van der Waals surface area (Å²) in [5, 5.41) is 6.78. The minimum Gasteiger partial charge on any atom is -0.491 e. The molecule has 168 valence electrons. The Hall–Kier alpha value is -1.06. The van der Waals surface area contributed by atoms with Crippen molar-refractivity contribution in [3.05, 3.63) is 29.3 Å². The number of nitrogens with zero attached hydrogens (tertiary/aromatic N) is 2. The lowest BCUT2D eigenvalue weighted by Crippen LogP contribution is -2.37. The molecule has 0 aliphatic heterocycles. The van der Waals surface area contributed by atoms with Gasteiger partial charge in [-0.1, -0.05) is 12.1 Å². The Bertz CT molecular complexity index is 582. The van der Waals surface area contributed by atoms with Crippen molar-refractivity contribution >= 4 is 29.9 Å². The van der Waals surface area contributed by atoms with Gasteiger partial charge in [0.25, 0.3) is 0 Å². The molecule has 1 aromatic carbocycles. The number of hydrogen-bond acceptors (Lipinski definition) is 4. The molecule has 0 radical (unpaired) electrons. The normalized spacial score (nSPS) is 11.5. The van der Waals surface area contributed by atoms with Gasteiger partial charge in [-0.25, -0.2) is 0 Å². The van der Waals surface area contributed by atoms with Crippen molar-refractivity contribution < 1.29 is 9.47 Å². The highest BCUT2D eigenvalue weighted by molar-refractivity contribution is 14.0. The Morgan fingerprint density at radius 2 is 1.93 bits per heavy atom. The first-order chi connectivity index (χ1) is 13.5. The molecular formula is C22H41IN4O2. The number of rotatable bonds is 13. The summed E-state index contributed by atoms with van der Waals surface area (Å²) in [6.45, 7) is 13.1. The van der Waals surface area contributed by atoms with Gasteiger partial charge >= 0.3 is 0 Å². The first kappa shape index (κ1) is 27.9. The number of benzene rings is 1. The van der Waals surface area contributed by atoms with Gasteiger partial charge in [0.2, 0.25) is 0 Å². The molecule has 0 unspecified atom stereocenters. The fourth-order valence-electron chi connectivity index (χ4n) is 2.65. The van der Waals surface area contributed by atoms with E-state index in [2.05, 4.69) is 66.5 Å². The van der Waals surface area contributed by atoms with Crippen LogP contribution >= 0.6 is 24.0 Å². The lowest BCUT2D eigenvalue weighted by Gasteiger charge is -2.20. The van der Waals surface area contributed by atoms with Crippen LogP contribution in [-0.2, 0) is 11.3 Å². The van der Waals surface area contributed by atoms with Crippen molar-refractivity contribution in [3.63, 3.8) is 0 Å². The number of aryl methyl sites for hydroxylation is 1. The Balaban J connectivity index is 0.00000784. The lowest BCUT2D eigenvalue weighted by molar-refractivity contribution is 0.110. The van der Waals surface area contributed by atoms with E-state index in [1.165, 1.54) is 12.0 Å². The summed E-state index contributed by atoms with van der Waals surface area (Å²) in [6, 6.07) is 6.88. The van der Waals surface area contributed by atoms with Crippen LogP contribution in [0.4, 0.5) is 0 Å². The number of halogens is 1. The summed E-state index contributed by atoms with van der Waals surface area (Å²) in [4.78, 5) is 6.69. The second kappa shape index (κ2) is 16.7. The Morgan fingerprint density at radius 3 is 2.59 bits per heavy atom. The van der Waals surface area contributed by atoms with Crippen molar-refractivity contribution in [3.8, 4) is 5.75 Å². The van der Waals surface area contributed by atoms with Gasteiger partial charge in [-0.05, 0) is 65.8 Å². The Kier molecular flexibility index (Phi) is 16.1. The molecule has 1 aromatic rings. The molecule has 0 aromatic heterocycles. The first-order valence-corrected chi connectivity index (χ1v) is 10.4. The number of ether oxygens (including phenoxy) is 2. The zero-order chi connectivity index (χ0) is 20.8. The van der Waals surface area contributed by atoms with E-state index in [-0.39, 0.29) is 24.0 Å². The Labute approximate surface area is 194 Å². The van der Waals surface area contributed by atoms with Gasteiger partial charge in [0.05, 0.1) is 6.61 Å². The fraction of sp³-hybridized carbons (Fsp3) is 0.682. The third-order valence-corrected chi connectivity index (χ3v) is 4.69. The third-order valence-electron chi connectivity index (χ3n) is 4.69. The van der Waals surface area contributed by atoms with E-state index in [9.17, 15) is 0 Å². The smallest absolute Gasteiger partial charge is 0.191 e. The molecule has 7 heteroatoms. The van der Waals surface area contributed by atoms with E-state index in [4.69, 9.17) is 9.47 Å². The second-order valence-electron chi connectivity index (χ2n) is 7.29. The minimum atomic E-state index is 0. The van der Waals surface area contributed by atoms with Gasteiger partial charge in [-0.3, -0.25) is 4.99 Å². The van der Waals surface area contributed by atoms with Crippen molar-refractivity contribution in [2.45, 2.75) is 53.1 Å². The highest BCUT2D eigenvalue weighted by atomic mass is 127. The maximum atomic E-state index is 5.91. The molecule has 0 aliphatic carbocycles. The summed E-state index contributed by atoms with van der Waals surface area (Å²) in [5.74, 6) is 1.72. The van der Waals surface area contributed by atoms with E-state index in [1.807, 2.05) is 6.92 Å². The summed E-state index contributed by atoms with van der Waals surface area (Å²) in [6.07, 6.45) is 2.29. The van der Waals surface area contributed by atoms with Crippen molar-refractivity contribution in [1.82, 2.24) is 15.5 Å². The molecule has 0 saturated heterocycles. The number of unbranched alkanes of at least 4 members (excludes halogenated alkanes) is 1. The molecular weight excluding hydrogens is 479 g/mol. The zero-order valence-electron chi connectivity index (χ0n) is 19.1. The molecule has 29 heavy (non-hydrogen) atoms. The number of guanidine groups is 1. The van der Waals surface area contributed by atoms with Gasteiger partial charge < -0.3 is 25.0 Å². The van der Waals surface area contributed by atoms with Crippen molar-refractivity contribution in [1.29, 1.82) is 0 Å². The molecule has 0 atom stereocenters. The van der Waals surface area contributed by atoms with Gasteiger partial charge in [-0.15, -0.1) is 24.0 Å². The van der Waals surface area contributed by atoms with Gasteiger partial charge in [0, 0.05) is 38.3 Å². The topological polar surface area (TPSA) is 58.1 Å². The number of hydrogen-bond donors (Lipinski definition) is 2. The molecule has 0 bridgehead atoms. The molecule has 0 fully saturated rings. The summed E-state index contributed by atoms with van der Waals surface area (Å²) in [5.41, 5.74) is 2.30. The average molecular weight is 521 g/mol. The molecule has 0 amide bonds. The molecule has 2 N–H and O–H groups in total. The fourth-order valence-corrected chi connectivity index (χ4v) is 2.65. The summed E-state index contributed by atoms with van der Waals surface area (Å²) >= 11 is 0. The quantitative estimate of drug-likeness (QED) is 0.179. The van der Waals surface area contributed by atoms with Crippen molar-refractivity contribution in [2.24, 2.45) is 4.99 Å². The zero-order valence-corrected chi connectivity index (χ0v) is 21.4. The first-order valence-electron chi connectivity index (χ1n) is 10.4. The largest absolute Gasteiger partial charge is 0.491 e. The van der Waals surface area contributed by atoms with E-state index in [1.54, 1.807) is 7.05 Å². The van der Waals surface area contributed by atoms with Crippen LogP contribution in [0.5, 0.6) is 5.75 Å². The summed E-state index contributed by atoms with van der Waals surface area (Å²) < 4.78 is 11.3. The van der Waals surface area contributed by atoms with E-state index in [0.717, 1.165) is 36.8 Å². The maximum absolute atomic E-state index is 5.91. The van der Waals surface area contributed by atoms with Crippen LogP contribution < -0.4 is 15.4 Å². The monoisotopic (exact) mass is 520 g/mol. The molecule has 0 aliphatic rings.